The van der Waals surface area contributed by atoms with Crippen LogP contribution in [0.15, 0.2) is 60.7 Å². The Hall–Kier alpha value is -6.50. The monoisotopic (exact) mass is 614 g/mol. The summed E-state index contributed by atoms with van der Waals surface area (Å²) >= 11 is 0. The standard InChI is InChI=1S/C32H22O13/c1-13(33)43-23-7-3-5-17-25(18-6-4-8-24(44-14(2)34)27(18)30(41)26(17)23)31(15-9-19(35)28(39)20(36)10-15)45-32(42)16-11-21(37)29(40)22(38)12-16/h3-12,35-40H,1-2H3. The number of phenolic OH excluding ortho intramolecular Hbond substituents is 6. The van der Waals surface area contributed by atoms with Crippen LogP contribution in [0.3, 0.4) is 0 Å². The highest BCUT2D eigenvalue weighted by Gasteiger charge is 2.36. The molecule has 0 fully saturated rings. The second-order valence-electron chi connectivity index (χ2n) is 9.69. The molecule has 0 radical (unpaired) electrons. The number of hydrogen-bond acceptors (Lipinski definition) is 13. The van der Waals surface area contributed by atoms with Crippen molar-refractivity contribution in [2.45, 2.75) is 13.8 Å². The molecule has 6 N–H and O–H groups in total. The van der Waals surface area contributed by atoms with Crippen LogP contribution in [0.4, 0.5) is 0 Å². The highest BCUT2D eigenvalue weighted by molar-refractivity contribution is 6.24. The van der Waals surface area contributed by atoms with E-state index in [2.05, 4.69) is 0 Å². The van der Waals surface area contributed by atoms with Crippen molar-refractivity contribution < 1.29 is 64.0 Å². The van der Waals surface area contributed by atoms with Crippen LogP contribution in [0.2, 0.25) is 0 Å². The first kappa shape index (κ1) is 30.0. The van der Waals surface area contributed by atoms with Gasteiger partial charge in [0.25, 0.3) is 0 Å². The van der Waals surface area contributed by atoms with Crippen LogP contribution in [-0.4, -0.2) is 54.3 Å². The van der Waals surface area contributed by atoms with E-state index in [1.807, 2.05) is 0 Å². The number of carbonyl (C=O) groups excluding carboxylic acids is 4. The summed E-state index contributed by atoms with van der Waals surface area (Å²) in [5.74, 6) is -9.49. The van der Waals surface area contributed by atoms with Crippen molar-refractivity contribution in [1.29, 1.82) is 0 Å². The van der Waals surface area contributed by atoms with Gasteiger partial charge in [-0.3, -0.25) is 14.4 Å². The molecule has 4 aromatic rings. The fourth-order valence-corrected chi connectivity index (χ4v) is 4.81. The molecule has 5 rings (SSSR count). The molecule has 0 atom stereocenters. The van der Waals surface area contributed by atoms with Crippen molar-refractivity contribution in [2.24, 2.45) is 0 Å². The van der Waals surface area contributed by atoms with E-state index < -0.39 is 69.5 Å². The van der Waals surface area contributed by atoms with Crippen LogP contribution >= 0.6 is 0 Å². The maximum Gasteiger partial charge on any atom is 0.343 e. The Labute approximate surface area is 253 Å². The molecule has 1 aliphatic carbocycles. The average molecular weight is 615 g/mol. The smallest absolute Gasteiger partial charge is 0.343 e. The van der Waals surface area contributed by atoms with Crippen molar-refractivity contribution in [3.05, 3.63) is 94.0 Å². The summed E-state index contributed by atoms with van der Waals surface area (Å²) in [6.45, 7) is 2.22. The molecular formula is C32H22O13. The molecule has 4 aromatic carbocycles. The first-order valence-electron chi connectivity index (χ1n) is 12.9. The van der Waals surface area contributed by atoms with Crippen LogP contribution in [-0.2, 0) is 14.3 Å². The van der Waals surface area contributed by atoms with Gasteiger partial charge in [0, 0.05) is 36.1 Å². The molecule has 0 unspecified atom stereocenters. The van der Waals surface area contributed by atoms with E-state index in [0.29, 0.717) is 0 Å². The number of carbonyl (C=O) groups is 4. The van der Waals surface area contributed by atoms with Crippen LogP contribution in [0, 0.1) is 0 Å². The van der Waals surface area contributed by atoms with Gasteiger partial charge in [-0.1, -0.05) is 24.3 Å². The average Bonchev–Trinajstić information content (AvgIpc) is 2.97. The Morgan fingerprint density at radius 1 is 0.600 bits per heavy atom. The zero-order chi connectivity index (χ0) is 32.7. The van der Waals surface area contributed by atoms with Gasteiger partial charge in [0.2, 0.25) is 5.78 Å². The van der Waals surface area contributed by atoms with Gasteiger partial charge >= 0.3 is 17.9 Å². The summed E-state index contributed by atoms with van der Waals surface area (Å²) in [5.41, 5.74) is -1.06. The zero-order valence-corrected chi connectivity index (χ0v) is 23.3. The molecule has 45 heavy (non-hydrogen) atoms. The molecule has 0 saturated heterocycles. The summed E-state index contributed by atoms with van der Waals surface area (Å²) < 4.78 is 16.4. The Morgan fingerprint density at radius 2 is 1.00 bits per heavy atom. The van der Waals surface area contributed by atoms with Gasteiger partial charge in [0.05, 0.1) is 16.7 Å². The second kappa shape index (κ2) is 11.3. The maximum absolute atomic E-state index is 14.0. The number of hydrogen-bond donors (Lipinski definition) is 6. The van der Waals surface area contributed by atoms with Crippen LogP contribution in [0.25, 0.3) is 11.3 Å². The SMILES string of the molecule is CC(=O)Oc1cccc2c1C(=O)c1c(OC(C)=O)cccc1C2=C(OC(=O)c1cc(O)c(O)c(O)c1)c1cc(O)c(O)c(O)c1. The van der Waals surface area contributed by atoms with E-state index in [9.17, 15) is 49.8 Å². The van der Waals surface area contributed by atoms with E-state index in [1.165, 1.54) is 36.4 Å². The van der Waals surface area contributed by atoms with E-state index in [0.717, 1.165) is 38.1 Å². The van der Waals surface area contributed by atoms with Crippen molar-refractivity contribution in [1.82, 2.24) is 0 Å². The molecule has 0 spiro atoms. The summed E-state index contributed by atoms with van der Waals surface area (Å²) in [4.78, 5) is 51.4. The number of fused-ring (bicyclic) bond motifs is 2. The second-order valence-corrected chi connectivity index (χ2v) is 9.69. The number of rotatable bonds is 5. The minimum absolute atomic E-state index is 0.0393. The minimum Gasteiger partial charge on any atom is -0.504 e. The minimum atomic E-state index is -1.23. The lowest BCUT2D eigenvalue weighted by atomic mass is 9.79. The number of phenols is 6. The first-order valence-corrected chi connectivity index (χ1v) is 12.9. The normalized spacial score (nSPS) is 11.7. The molecule has 0 saturated carbocycles. The highest BCUT2D eigenvalue weighted by Crippen LogP contribution is 2.48. The molecule has 0 aromatic heterocycles. The molecular weight excluding hydrogens is 592 g/mol. The predicted molar refractivity (Wildman–Crippen MR) is 153 cm³/mol. The van der Waals surface area contributed by atoms with Gasteiger partial charge < -0.3 is 44.8 Å². The largest absolute Gasteiger partial charge is 0.504 e. The lowest BCUT2D eigenvalue weighted by molar-refractivity contribution is -0.132. The Morgan fingerprint density at radius 3 is 1.40 bits per heavy atom. The Balaban J connectivity index is 1.90. The third-order valence-electron chi connectivity index (χ3n) is 6.61. The molecule has 0 amide bonds. The Bertz CT molecular complexity index is 1870. The lowest BCUT2D eigenvalue weighted by Gasteiger charge is -2.27. The van der Waals surface area contributed by atoms with Crippen molar-refractivity contribution in [3.8, 4) is 46.0 Å². The number of benzene rings is 4. The molecule has 0 aliphatic heterocycles. The molecule has 0 heterocycles. The Kier molecular flexibility index (Phi) is 7.53. The number of esters is 3. The molecule has 1 aliphatic rings. The topological polar surface area (TPSA) is 217 Å². The number of ether oxygens (including phenoxy) is 3. The third kappa shape index (κ3) is 5.41. The van der Waals surface area contributed by atoms with Crippen molar-refractivity contribution in [3.63, 3.8) is 0 Å². The third-order valence-corrected chi connectivity index (χ3v) is 6.61. The van der Waals surface area contributed by atoms with Gasteiger partial charge in [-0.15, -0.1) is 0 Å². The number of aromatic hydroxyl groups is 6. The summed E-state index contributed by atoms with van der Waals surface area (Å²) in [6.07, 6.45) is 0. The zero-order valence-electron chi connectivity index (χ0n) is 23.3. The van der Waals surface area contributed by atoms with E-state index in [1.54, 1.807) is 0 Å². The number of ketones is 1. The fraction of sp³-hybridized carbons (Fsp3) is 0.0625. The van der Waals surface area contributed by atoms with Gasteiger partial charge in [0.1, 0.15) is 17.3 Å². The summed E-state index contributed by atoms with van der Waals surface area (Å²) in [7, 11) is 0. The van der Waals surface area contributed by atoms with Crippen LogP contribution < -0.4 is 9.47 Å². The van der Waals surface area contributed by atoms with E-state index in [4.69, 9.17) is 14.2 Å². The van der Waals surface area contributed by atoms with Gasteiger partial charge in [-0.25, -0.2) is 4.79 Å². The molecule has 228 valence electrons. The fourth-order valence-electron chi connectivity index (χ4n) is 4.81. The quantitative estimate of drug-likeness (QED) is 0.0712. The van der Waals surface area contributed by atoms with E-state index in [-0.39, 0.29) is 44.9 Å². The van der Waals surface area contributed by atoms with Crippen LogP contribution in [0.5, 0.6) is 46.0 Å². The molecule has 13 heteroatoms. The van der Waals surface area contributed by atoms with Crippen molar-refractivity contribution >= 4 is 35.0 Å². The lowest BCUT2D eigenvalue weighted by Crippen LogP contribution is -2.20. The summed E-state index contributed by atoms with van der Waals surface area (Å²) in [5, 5.41) is 60.5. The van der Waals surface area contributed by atoms with Crippen molar-refractivity contribution in [2.75, 3.05) is 0 Å². The molecule has 13 nitrogen and oxygen atoms in total. The van der Waals surface area contributed by atoms with Crippen LogP contribution in [0.1, 0.15) is 56.8 Å². The first-order chi connectivity index (χ1) is 21.3. The van der Waals surface area contributed by atoms with Gasteiger partial charge in [-0.2, -0.15) is 0 Å². The predicted octanol–water partition coefficient (Wildman–Crippen LogP) is 4.09. The maximum atomic E-state index is 14.0. The van der Waals surface area contributed by atoms with Gasteiger partial charge in [-0.05, 0) is 36.4 Å². The summed E-state index contributed by atoms with van der Waals surface area (Å²) in [6, 6.07) is 11.9. The van der Waals surface area contributed by atoms with Gasteiger partial charge in [0.15, 0.2) is 34.5 Å². The van der Waals surface area contributed by atoms with E-state index >= 15 is 0 Å². The highest BCUT2D eigenvalue weighted by atomic mass is 16.5. The molecule has 0 bridgehead atoms.